The van der Waals surface area contributed by atoms with Crippen LogP contribution in [0.5, 0.6) is 0 Å². The van der Waals surface area contributed by atoms with E-state index in [-0.39, 0.29) is 0 Å². The van der Waals surface area contributed by atoms with Gasteiger partial charge in [-0.2, -0.15) is 0 Å². The zero-order chi connectivity index (χ0) is 35.6. The van der Waals surface area contributed by atoms with Gasteiger partial charge >= 0.3 is 0 Å². The molecule has 2 heterocycles. The lowest BCUT2D eigenvalue weighted by Gasteiger charge is -2.18. The Morgan fingerprint density at radius 3 is 1.63 bits per heavy atom. The molecular weight excluding hydrogens is 673 g/mol. The number of imidazole rings is 1. The Kier molecular flexibility index (Phi) is 7.07. The predicted molar refractivity (Wildman–Crippen MR) is 231 cm³/mol. The van der Waals surface area contributed by atoms with E-state index in [0.717, 1.165) is 44.6 Å². The van der Waals surface area contributed by atoms with E-state index in [1.54, 1.807) is 0 Å². The van der Waals surface area contributed by atoms with Crippen LogP contribution >= 0.6 is 11.3 Å². The second kappa shape index (κ2) is 12.4. The first-order valence-corrected chi connectivity index (χ1v) is 19.2. The van der Waals surface area contributed by atoms with Crippen molar-refractivity contribution in [3.05, 3.63) is 194 Å². The van der Waals surface area contributed by atoms with Gasteiger partial charge < -0.3 is 0 Å². The third kappa shape index (κ3) is 4.83. The summed E-state index contributed by atoms with van der Waals surface area (Å²) in [6, 6.07) is 70.2. The second-order valence-corrected chi connectivity index (χ2v) is 14.9. The van der Waals surface area contributed by atoms with Crippen molar-refractivity contribution in [2.75, 3.05) is 0 Å². The molecule has 0 N–H and O–H groups in total. The molecule has 0 saturated carbocycles. The van der Waals surface area contributed by atoms with Crippen molar-refractivity contribution in [1.29, 1.82) is 0 Å². The molecule has 9 aromatic carbocycles. The summed E-state index contributed by atoms with van der Waals surface area (Å²) >= 11 is 1.86. The largest absolute Gasteiger partial charge is 0.291 e. The summed E-state index contributed by atoms with van der Waals surface area (Å²) in [6.45, 7) is 0. The van der Waals surface area contributed by atoms with Crippen LogP contribution in [0.2, 0.25) is 0 Å². The number of rotatable bonds is 5. The molecule has 0 aliphatic carbocycles. The van der Waals surface area contributed by atoms with Gasteiger partial charge in [0, 0.05) is 42.1 Å². The molecule has 11 rings (SSSR count). The van der Waals surface area contributed by atoms with E-state index in [0.29, 0.717) is 0 Å². The minimum Gasteiger partial charge on any atom is -0.291 e. The van der Waals surface area contributed by atoms with Gasteiger partial charge in [0.2, 0.25) is 0 Å². The zero-order valence-corrected chi connectivity index (χ0v) is 30.1. The van der Waals surface area contributed by atoms with E-state index in [9.17, 15) is 0 Å². The van der Waals surface area contributed by atoms with Crippen LogP contribution < -0.4 is 0 Å². The van der Waals surface area contributed by atoms with Gasteiger partial charge in [0.25, 0.3) is 0 Å². The van der Waals surface area contributed by atoms with Gasteiger partial charge in [0.05, 0.1) is 16.7 Å². The highest BCUT2D eigenvalue weighted by atomic mass is 32.1. The molecule has 2 aromatic heterocycles. The number of hydrogen-bond acceptors (Lipinski definition) is 2. The minimum absolute atomic E-state index is 0.939. The SMILES string of the molecule is c1ccc(-c2ccc(-c3ccccc3)c(-n3c(-c4cccc5c4sc4cc(-c6ccccc6)ccc45)nc4c5ccccc5c5ccccc5c43)c2)cc1. The average molecular weight is 705 g/mol. The molecule has 0 saturated heterocycles. The Morgan fingerprint density at radius 2 is 0.926 bits per heavy atom. The van der Waals surface area contributed by atoms with Crippen LogP contribution in [-0.2, 0) is 0 Å². The van der Waals surface area contributed by atoms with Crippen LogP contribution in [0.25, 0.3) is 103 Å². The summed E-state index contributed by atoms with van der Waals surface area (Å²) in [5.74, 6) is 0.939. The van der Waals surface area contributed by atoms with Gasteiger partial charge in [-0.15, -0.1) is 11.3 Å². The van der Waals surface area contributed by atoms with Crippen molar-refractivity contribution in [1.82, 2.24) is 9.55 Å². The number of fused-ring (bicyclic) bond motifs is 9. The van der Waals surface area contributed by atoms with E-state index in [4.69, 9.17) is 4.98 Å². The number of thiophene rings is 1. The molecule has 0 spiro atoms. The molecule has 0 unspecified atom stereocenters. The summed E-state index contributed by atoms with van der Waals surface area (Å²) in [5, 5.41) is 7.30. The first-order chi connectivity index (χ1) is 26.8. The Hall–Kier alpha value is -6.81. The van der Waals surface area contributed by atoms with Crippen molar-refractivity contribution in [3.63, 3.8) is 0 Å². The fraction of sp³-hybridized carbons (Fsp3) is 0. The van der Waals surface area contributed by atoms with Crippen LogP contribution in [0.15, 0.2) is 194 Å². The highest BCUT2D eigenvalue weighted by Crippen LogP contribution is 2.46. The number of nitrogens with zero attached hydrogens (tertiary/aromatic N) is 2. The molecule has 0 bridgehead atoms. The molecule has 54 heavy (non-hydrogen) atoms. The summed E-state index contributed by atoms with van der Waals surface area (Å²) in [6.07, 6.45) is 0. The van der Waals surface area contributed by atoms with E-state index in [1.807, 2.05) is 11.3 Å². The highest BCUT2D eigenvalue weighted by molar-refractivity contribution is 7.26. The Labute approximate surface area is 316 Å². The molecule has 2 nitrogen and oxygen atoms in total. The molecule has 252 valence electrons. The highest BCUT2D eigenvalue weighted by Gasteiger charge is 2.24. The second-order valence-electron chi connectivity index (χ2n) is 13.9. The summed E-state index contributed by atoms with van der Waals surface area (Å²) in [4.78, 5) is 5.73. The van der Waals surface area contributed by atoms with Crippen molar-refractivity contribution in [2.24, 2.45) is 0 Å². The molecule has 0 fully saturated rings. The minimum atomic E-state index is 0.939. The van der Waals surface area contributed by atoms with Crippen LogP contribution in [-0.4, -0.2) is 9.55 Å². The molecular formula is C51H32N2S. The Balaban J connectivity index is 1.29. The zero-order valence-electron chi connectivity index (χ0n) is 29.3. The lowest BCUT2D eigenvalue weighted by molar-refractivity contribution is 1.11. The smallest absolute Gasteiger partial charge is 0.147 e. The summed E-state index contributed by atoms with van der Waals surface area (Å²) in [5.41, 5.74) is 11.5. The van der Waals surface area contributed by atoms with Gasteiger partial charge in [0.1, 0.15) is 5.82 Å². The van der Waals surface area contributed by atoms with Crippen molar-refractivity contribution in [2.45, 2.75) is 0 Å². The topological polar surface area (TPSA) is 17.8 Å². The first-order valence-electron chi connectivity index (χ1n) is 18.4. The van der Waals surface area contributed by atoms with Gasteiger partial charge in [-0.05, 0) is 56.8 Å². The molecule has 0 amide bonds. The van der Waals surface area contributed by atoms with Crippen molar-refractivity contribution < 1.29 is 0 Å². The molecule has 3 heteroatoms. The maximum atomic E-state index is 5.73. The van der Waals surface area contributed by atoms with E-state index in [2.05, 4.69) is 199 Å². The Morgan fingerprint density at radius 1 is 0.370 bits per heavy atom. The van der Waals surface area contributed by atoms with Crippen molar-refractivity contribution >= 4 is 64.1 Å². The average Bonchev–Trinajstić information content (AvgIpc) is 3.84. The van der Waals surface area contributed by atoms with Gasteiger partial charge in [-0.3, -0.25) is 4.57 Å². The van der Waals surface area contributed by atoms with Crippen molar-refractivity contribution in [3.8, 4) is 50.5 Å². The molecule has 11 aromatic rings. The van der Waals surface area contributed by atoms with Crippen LogP contribution in [0, 0.1) is 0 Å². The normalized spacial score (nSPS) is 11.7. The monoisotopic (exact) mass is 704 g/mol. The van der Waals surface area contributed by atoms with Gasteiger partial charge in [-0.25, -0.2) is 4.98 Å². The number of aromatic nitrogens is 2. The van der Waals surface area contributed by atoms with Crippen LogP contribution in [0.4, 0.5) is 0 Å². The third-order valence-electron chi connectivity index (χ3n) is 10.8. The molecule has 0 radical (unpaired) electrons. The quantitative estimate of drug-likeness (QED) is 0.163. The fourth-order valence-electron chi connectivity index (χ4n) is 8.29. The van der Waals surface area contributed by atoms with Crippen LogP contribution in [0.3, 0.4) is 0 Å². The lowest BCUT2D eigenvalue weighted by Crippen LogP contribution is -2.01. The Bertz CT molecular complexity index is 3190. The number of benzene rings is 9. The molecule has 0 aliphatic rings. The van der Waals surface area contributed by atoms with E-state index >= 15 is 0 Å². The summed E-state index contributed by atoms with van der Waals surface area (Å²) in [7, 11) is 0. The standard InChI is InChI=1S/C51H32N2S/c1-4-15-33(16-5-1)36-27-29-38(35-19-8-3-9-20-35)46(31-36)53-49-43-24-13-11-22-40(43)39-21-10-12-23-42(39)48(49)52-51(53)45-26-14-25-44-41-30-28-37(32-47(41)54-50(44)45)34-17-6-2-7-18-34/h1-32H. The molecule has 0 aliphatic heterocycles. The lowest BCUT2D eigenvalue weighted by atomic mass is 9.97. The third-order valence-corrected chi connectivity index (χ3v) is 12.0. The van der Waals surface area contributed by atoms with Crippen LogP contribution in [0.1, 0.15) is 0 Å². The predicted octanol–water partition coefficient (Wildman–Crippen LogP) is 14.4. The summed E-state index contributed by atoms with van der Waals surface area (Å²) < 4.78 is 4.98. The number of hydrogen-bond donors (Lipinski definition) is 0. The molecule has 0 atom stereocenters. The maximum absolute atomic E-state index is 5.73. The van der Waals surface area contributed by atoms with E-state index in [1.165, 1.54) is 58.6 Å². The van der Waals surface area contributed by atoms with Gasteiger partial charge in [-0.1, -0.05) is 176 Å². The maximum Gasteiger partial charge on any atom is 0.147 e. The first kappa shape index (κ1) is 30.8. The fourth-order valence-corrected chi connectivity index (χ4v) is 9.54. The van der Waals surface area contributed by atoms with Gasteiger partial charge in [0.15, 0.2) is 0 Å². The van der Waals surface area contributed by atoms with E-state index < -0.39 is 0 Å².